The highest BCUT2D eigenvalue weighted by Crippen LogP contribution is 2.42. The summed E-state index contributed by atoms with van der Waals surface area (Å²) in [4.78, 5) is 9.58. The lowest BCUT2D eigenvalue weighted by Crippen LogP contribution is -2.27. The second-order valence-electron chi connectivity index (χ2n) is 15.4. The molecule has 0 amide bonds. The maximum atomic E-state index is 6.72. The molecule has 0 bridgehead atoms. The Morgan fingerprint density at radius 1 is 0.518 bits per heavy atom. The fourth-order valence-corrected chi connectivity index (χ4v) is 8.18. The minimum Gasteiger partial charge on any atom is -0.457 e. The van der Waals surface area contributed by atoms with Crippen LogP contribution in [0.2, 0.25) is 0 Å². The molecule has 56 heavy (non-hydrogen) atoms. The molecule has 1 aliphatic rings. The summed E-state index contributed by atoms with van der Waals surface area (Å²) in [6.45, 7) is 7.52. The summed E-state index contributed by atoms with van der Waals surface area (Å²) < 4.78 is 11.4. The SMILES string of the molecule is CC(C)(C)c1ccccc1N1C=CN(c2cccc(Oc3ccc4c(c3)n(-c3cc(-c5ccccc5)ccn3)c3c5ccccc5n(-c5ccccc5)c43)c2)C1. The van der Waals surface area contributed by atoms with Gasteiger partial charge in [-0.05, 0) is 82.8 Å². The minimum atomic E-state index is 0.0384. The van der Waals surface area contributed by atoms with Crippen molar-refractivity contribution in [1.29, 1.82) is 0 Å². The highest BCUT2D eigenvalue weighted by molar-refractivity contribution is 6.20. The van der Waals surface area contributed by atoms with Crippen LogP contribution in [-0.4, -0.2) is 20.8 Å². The first-order chi connectivity index (χ1) is 27.4. The molecular weight excluding hydrogens is 687 g/mol. The molecule has 0 radical (unpaired) electrons. The molecule has 0 N–H and O–H groups in total. The van der Waals surface area contributed by atoms with Crippen molar-refractivity contribution in [2.24, 2.45) is 0 Å². The summed E-state index contributed by atoms with van der Waals surface area (Å²) >= 11 is 0. The number of hydrogen-bond donors (Lipinski definition) is 0. The van der Waals surface area contributed by atoms with E-state index in [0.717, 1.165) is 79.3 Å². The van der Waals surface area contributed by atoms with E-state index in [0.29, 0.717) is 0 Å². The van der Waals surface area contributed by atoms with Crippen LogP contribution in [0.1, 0.15) is 26.3 Å². The van der Waals surface area contributed by atoms with Crippen molar-refractivity contribution >= 4 is 44.2 Å². The minimum absolute atomic E-state index is 0.0384. The number of fused-ring (bicyclic) bond motifs is 5. The monoisotopic (exact) mass is 727 g/mol. The van der Waals surface area contributed by atoms with Crippen molar-refractivity contribution in [3.05, 3.63) is 188 Å². The van der Waals surface area contributed by atoms with E-state index in [1.165, 1.54) is 11.3 Å². The Labute approximate surface area is 326 Å². The number of anilines is 2. The number of rotatable bonds is 7. The Bertz CT molecular complexity index is 2920. The normalized spacial score (nSPS) is 13.1. The Hall–Kier alpha value is -7.05. The van der Waals surface area contributed by atoms with E-state index in [-0.39, 0.29) is 5.41 Å². The molecule has 0 aliphatic carbocycles. The number of ether oxygens (including phenoxy) is 1. The molecule has 6 nitrogen and oxygen atoms in total. The van der Waals surface area contributed by atoms with Gasteiger partial charge in [0.15, 0.2) is 0 Å². The third kappa shape index (κ3) is 5.78. The third-order valence-electron chi connectivity index (χ3n) is 10.8. The molecule has 0 unspecified atom stereocenters. The van der Waals surface area contributed by atoms with Crippen LogP contribution in [0.15, 0.2) is 182 Å². The van der Waals surface area contributed by atoms with Gasteiger partial charge >= 0.3 is 0 Å². The molecule has 0 atom stereocenters. The third-order valence-corrected chi connectivity index (χ3v) is 10.8. The van der Waals surface area contributed by atoms with E-state index in [4.69, 9.17) is 9.72 Å². The molecule has 3 aromatic heterocycles. The molecule has 0 fully saturated rings. The molecule has 1 aliphatic heterocycles. The smallest absolute Gasteiger partial charge is 0.138 e. The van der Waals surface area contributed by atoms with Gasteiger partial charge in [0.25, 0.3) is 0 Å². The number of pyridine rings is 1. The highest BCUT2D eigenvalue weighted by Gasteiger charge is 2.25. The standard InChI is InChI=1S/C50H41N5O/c1-50(2,3)43-22-11-13-24-45(43)53-30-29-52(34-53)38-19-14-20-39(32-38)56-40-25-26-42-46(33-40)55(47-31-36(27-28-51-47)35-15-6-4-7-16-35)49-41-21-10-12-23-44(41)54(48(42)49)37-17-8-5-9-18-37/h4-33H,34H2,1-3H3. The van der Waals surface area contributed by atoms with Crippen LogP contribution in [-0.2, 0) is 5.41 Å². The first-order valence-electron chi connectivity index (χ1n) is 19.1. The van der Waals surface area contributed by atoms with Crippen molar-refractivity contribution in [2.45, 2.75) is 26.2 Å². The average Bonchev–Trinajstić information content (AvgIpc) is 3.94. The second-order valence-corrected chi connectivity index (χ2v) is 15.4. The van der Waals surface area contributed by atoms with Gasteiger partial charge in [-0.3, -0.25) is 4.57 Å². The molecular formula is C50H41N5O. The fourth-order valence-electron chi connectivity index (χ4n) is 8.18. The predicted molar refractivity (Wildman–Crippen MR) is 231 cm³/mol. The second kappa shape index (κ2) is 13.4. The van der Waals surface area contributed by atoms with Crippen LogP contribution < -0.4 is 14.5 Å². The largest absolute Gasteiger partial charge is 0.457 e. The quantitative estimate of drug-likeness (QED) is 0.164. The molecule has 0 spiro atoms. The van der Waals surface area contributed by atoms with Crippen LogP contribution in [0.3, 0.4) is 0 Å². The Kier molecular flexibility index (Phi) is 7.99. The van der Waals surface area contributed by atoms with Gasteiger partial charge in [0.2, 0.25) is 0 Å². The van der Waals surface area contributed by atoms with Crippen LogP contribution >= 0.6 is 0 Å². The van der Waals surface area contributed by atoms with Gasteiger partial charge < -0.3 is 19.1 Å². The number of para-hydroxylation sites is 3. The number of nitrogens with zero attached hydrogens (tertiary/aromatic N) is 5. The van der Waals surface area contributed by atoms with Crippen molar-refractivity contribution in [1.82, 2.24) is 14.1 Å². The Morgan fingerprint density at radius 3 is 2.04 bits per heavy atom. The maximum Gasteiger partial charge on any atom is 0.138 e. The van der Waals surface area contributed by atoms with E-state index >= 15 is 0 Å². The van der Waals surface area contributed by atoms with E-state index in [9.17, 15) is 0 Å². The lowest BCUT2D eigenvalue weighted by atomic mass is 9.85. The first kappa shape index (κ1) is 33.5. The molecule has 10 rings (SSSR count). The van der Waals surface area contributed by atoms with Crippen LogP contribution in [0.5, 0.6) is 11.5 Å². The van der Waals surface area contributed by atoms with Crippen molar-refractivity contribution < 1.29 is 4.74 Å². The van der Waals surface area contributed by atoms with Crippen molar-refractivity contribution in [2.75, 3.05) is 16.5 Å². The zero-order valence-corrected chi connectivity index (χ0v) is 31.7. The number of aromatic nitrogens is 3. The molecule has 6 heteroatoms. The summed E-state index contributed by atoms with van der Waals surface area (Å²) in [6.07, 6.45) is 6.22. The number of hydrogen-bond acceptors (Lipinski definition) is 4. The van der Waals surface area contributed by atoms with Gasteiger partial charge in [0.1, 0.15) is 17.3 Å². The highest BCUT2D eigenvalue weighted by atomic mass is 16.5. The summed E-state index contributed by atoms with van der Waals surface area (Å²) in [6, 6.07) is 57.5. The molecule has 0 saturated carbocycles. The summed E-state index contributed by atoms with van der Waals surface area (Å²) in [7, 11) is 0. The van der Waals surface area contributed by atoms with Gasteiger partial charge in [0, 0.05) is 58.6 Å². The van der Waals surface area contributed by atoms with E-state index in [2.05, 4.69) is 204 Å². The van der Waals surface area contributed by atoms with Crippen molar-refractivity contribution in [3.63, 3.8) is 0 Å². The molecule has 6 aromatic carbocycles. The first-order valence-corrected chi connectivity index (χ1v) is 19.1. The van der Waals surface area contributed by atoms with E-state index in [1.807, 2.05) is 18.3 Å². The molecule has 4 heterocycles. The Balaban J connectivity index is 1.07. The van der Waals surface area contributed by atoms with Gasteiger partial charge in [-0.2, -0.15) is 0 Å². The lowest BCUT2D eigenvalue weighted by Gasteiger charge is -2.28. The zero-order valence-electron chi connectivity index (χ0n) is 31.7. The van der Waals surface area contributed by atoms with Crippen molar-refractivity contribution in [3.8, 4) is 34.1 Å². The molecule has 272 valence electrons. The molecule has 0 saturated heterocycles. The van der Waals surface area contributed by atoms with Crippen LogP contribution in [0.4, 0.5) is 11.4 Å². The lowest BCUT2D eigenvalue weighted by molar-refractivity contribution is 0.483. The Morgan fingerprint density at radius 2 is 1.20 bits per heavy atom. The fraction of sp³-hybridized carbons (Fsp3) is 0.100. The van der Waals surface area contributed by atoms with Gasteiger partial charge in [-0.1, -0.05) is 112 Å². The van der Waals surface area contributed by atoms with Gasteiger partial charge in [0.05, 0.1) is 28.7 Å². The average molecular weight is 728 g/mol. The maximum absolute atomic E-state index is 6.72. The predicted octanol–water partition coefficient (Wildman–Crippen LogP) is 12.6. The van der Waals surface area contributed by atoms with Gasteiger partial charge in [-0.15, -0.1) is 0 Å². The van der Waals surface area contributed by atoms with E-state index in [1.54, 1.807) is 0 Å². The summed E-state index contributed by atoms with van der Waals surface area (Å²) in [5, 5.41) is 2.27. The van der Waals surface area contributed by atoms with E-state index < -0.39 is 0 Å². The topological polar surface area (TPSA) is 38.5 Å². The molecule has 9 aromatic rings. The van der Waals surface area contributed by atoms with Crippen LogP contribution in [0, 0.1) is 0 Å². The summed E-state index contributed by atoms with van der Waals surface area (Å²) in [5.41, 5.74) is 11.4. The summed E-state index contributed by atoms with van der Waals surface area (Å²) in [5.74, 6) is 2.37. The van der Waals surface area contributed by atoms with Crippen LogP contribution in [0.25, 0.3) is 55.5 Å². The number of benzene rings is 6. The van der Waals surface area contributed by atoms with Gasteiger partial charge in [-0.25, -0.2) is 4.98 Å². The zero-order chi connectivity index (χ0) is 37.8.